The van der Waals surface area contributed by atoms with E-state index in [-0.39, 0.29) is 0 Å². The Kier molecular flexibility index (Phi) is 3.36. The summed E-state index contributed by atoms with van der Waals surface area (Å²) in [4.78, 5) is 0. The quantitative estimate of drug-likeness (QED) is 0.461. The molecule has 0 aromatic rings. The molecule has 0 atom stereocenters. The van der Waals surface area contributed by atoms with E-state index in [9.17, 15) is 0 Å². The van der Waals surface area contributed by atoms with Gasteiger partial charge in [-0.15, -0.1) is 0 Å². The zero-order chi connectivity index (χ0) is 6.86. The molecular weight excluding hydrogens is 240 g/mol. The van der Waals surface area contributed by atoms with Crippen LogP contribution in [0, 0.1) is 0 Å². The normalized spacial score (nSPS) is 31.2. The van der Waals surface area contributed by atoms with Crippen molar-refractivity contribution in [2.75, 3.05) is 11.5 Å². The van der Waals surface area contributed by atoms with E-state index >= 15 is 0 Å². The first-order chi connectivity index (χ1) is 4.91. The molecule has 10 heavy (non-hydrogen) atoms. The largest absolute Gasteiger partial charge is 0.192 e. The van der Waals surface area contributed by atoms with Gasteiger partial charge in [-0.05, 0) is 28.0 Å². The predicted molar refractivity (Wildman–Crippen MR) is 62.6 cm³/mol. The summed E-state index contributed by atoms with van der Waals surface area (Å²) in [6.07, 6.45) is 1.38. The van der Waals surface area contributed by atoms with Crippen LogP contribution in [0.15, 0.2) is 0 Å². The maximum Gasteiger partial charge on any atom is 0.192 e. The van der Waals surface area contributed by atoms with Gasteiger partial charge in [-0.3, -0.25) is 0 Å². The Morgan fingerprint density at radius 3 is 1.90 bits per heavy atom. The lowest BCUT2D eigenvalue weighted by Gasteiger charge is -2.12. The topological polar surface area (TPSA) is 0 Å². The summed E-state index contributed by atoms with van der Waals surface area (Å²) >= 11 is 0. The summed E-state index contributed by atoms with van der Waals surface area (Å²) in [5, 5.41) is 0. The molecule has 0 N–H and O–H groups in total. The van der Waals surface area contributed by atoms with Crippen molar-refractivity contribution < 1.29 is 0 Å². The van der Waals surface area contributed by atoms with Gasteiger partial charge in [-0.1, -0.05) is 43.2 Å². The summed E-state index contributed by atoms with van der Waals surface area (Å²) in [7, 11) is 12.2. The molecule has 2 aliphatic heterocycles. The Balaban J connectivity index is 1.84. The van der Waals surface area contributed by atoms with E-state index in [1.807, 2.05) is 43.2 Å². The van der Waals surface area contributed by atoms with Gasteiger partial charge in [0.1, 0.15) is 0 Å². The van der Waals surface area contributed by atoms with Crippen molar-refractivity contribution in [1.82, 2.24) is 0 Å². The Labute approximate surface area is 84.8 Å². The molecule has 6 heteroatoms. The predicted octanol–water partition coefficient (Wildman–Crippen LogP) is 4.16. The van der Waals surface area contributed by atoms with Crippen LogP contribution in [0.4, 0.5) is 0 Å². The maximum absolute atomic E-state index is 2.05. The molecule has 2 heterocycles. The molecule has 0 radical (unpaired) electrons. The monoisotopic (exact) mass is 246 g/mol. The lowest BCUT2D eigenvalue weighted by atomic mass is 10.6. The molecule has 0 amide bonds. The Morgan fingerprint density at radius 1 is 0.800 bits per heavy atom. The van der Waals surface area contributed by atoms with Crippen LogP contribution in [-0.4, -0.2) is 14.2 Å². The molecule has 2 fully saturated rings. The molecular formula is C4H6S6. The van der Waals surface area contributed by atoms with Crippen LogP contribution >= 0.6 is 64.8 Å². The van der Waals surface area contributed by atoms with E-state index in [1.165, 1.54) is 17.9 Å². The first kappa shape index (κ1) is 8.69. The highest BCUT2D eigenvalue weighted by atomic mass is 33.2. The van der Waals surface area contributed by atoms with Crippen LogP contribution in [0.5, 0.6) is 0 Å². The molecule has 2 rings (SSSR count). The van der Waals surface area contributed by atoms with Gasteiger partial charge in [0.15, 0.2) is 2.74 Å². The van der Waals surface area contributed by atoms with Crippen LogP contribution in [-0.2, 0) is 0 Å². The van der Waals surface area contributed by atoms with Crippen molar-refractivity contribution in [3.05, 3.63) is 0 Å². The molecule has 0 nitrogen and oxygen atoms in total. The van der Waals surface area contributed by atoms with Gasteiger partial charge in [-0.25, -0.2) is 0 Å². The van der Waals surface area contributed by atoms with Crippen molar-refractivity contribution in [1.29, 1.82) is 0 Å². The van der Waals surface area contributed by atoms with Gasteiger partial charge in [0, 0.05) is 11.5 Å². The summed E-state index contributed by atoms with van der Waals surface area (Å²) < 4.78 is 0.496. The molecule has 2 aliphatic rings. The third kappa shape index (κ3) is 2.29. The van der Waals surface area contributed by atoms with Crippen molar-refractivity contribution >= 4 is 64.8 Å². The average Bonchev–Trinajstić information content (AvgIpc) is 2.61. The molecule has 2 saturated heterocycles. The maximum atomic E-state index is 2.05. The smallest absolute Gasteiger partial charge is 0.0909 e. The summed E-state index contributed by atoms with van der Waals surface area (Å²) in [5.74, 6) is 2.67. The minimum absolute atomic E-state index is 0.496. The number of rotatable bonds is 0. The summed E-state index contributed by atoms with van der Waals surface area (Å²) in [6.45, 7) is 0. The summed E-state index contributed by atoms with van der Waals surface area (Å²) in [6, 6.07) is 0. The molecule has 0 unspecified atom stereocenters. The second kappa shape index (κ2) is 3.87. The van der Waals surface area contributed by atoms with E-state index in [1.54, 1.807) is 0 Å². The number of hydrogen-bond acceptors (Lipinski definition) is 6. The molecule has 58 valence electrons. The highest BCUT2D eigenvalue weighted by molar-refractivity contribution is 9.12. The van der Waals surface area contributed by atoms with Gasteiger partial charge in [0.2, 0.25) is 0 Å². The minimum atomic E-state index is 0.496. The van der Waals surface area contributed by atoms with Gasteiger partial charge in [0.25, 0.3) is 0 Å². The van der Waals surface area contributed by atoms with Crippen LogP contribution in [0.2, 0.25) is 0 Å². The van der Waals surface area contributed by atoms with Crippen LogP contribution < -0.4 is 0 Å². The fraction of sp³-hybridized carbons (Fsp3) is 1.00. The van der Waals surface area contributed by atoms with Crippen molar-refractivity contribution in [2.24, 2.45) is 0 Å². The highest BCUT2D eigenvalue weighted by Gasteiger charge is 2.49. The lowest BCUT2D eigenvalue weighted by molar-refractivity contribution is 1.13. The fourth-order valence-electron chi connectivity index (χ4n) is 0.508. The standard InChI is InChI=1S/C4H6S6/c1-2-5-7-4(9-10-4)8-6-3-1/h1-3H2. The Morgan fingerprint density at radius 2 is 1.40 bits per heavy atom. The van der Waals surface area contributed by atoms with E-state index in [2.05, 4.69) is 21.6 Å². The van der Waals surface area contributed by atoms with Crippen molar-refractivity contribution in [3.63, 3.8) is 0 Å². The molecule has 1 spiro atoms. The van der Waals surface area contributed by atoms with Gasteiger partial charge >= 0.3 is 0 Å². The molecule has 0 saturated carbocycles. The average molecular weight is 246 g/mol. The SMILES string of the molecule is C1CSSC2(SSC1)SS2. The van der Waals surface area contributed by atoms with E-state index in [4.69, 9.17) is 0 Å². The Hall–Kier alpha value is 2.10. The van der Waals surface area contributed by atoms with Crippen LogP contribution in [0.1, 0.15) is 6.42 Å². The zero-order valence-corrected chi connectivity index (χ0v) is 9.97. The zero-order valence-electron chi connectivity index (χ0n) is 5.07. The lowest BCUT2D eigenvalue weighted by Crippen LogP contribution is -1.91. The first-order valence-corrected chi connectivity index (χ1v) is 9.68. The Bertz CT molecular complexity index is 111. The second-order valence-corrected chi connectivity index (χ2v) is 11.2. The van der Waals surface area contributed by atoms with E-state index in [0.29, 0.717) is 2.74 Å². The molecule has 0 aliphatic carbocycles. The van der Waals surface area contributed by atoms with Gasteiger partial charge in [-0.2, -0.15) is 0 Å². The van der Waals surface area contributed by atoms with Gasteiger partial charge in [0.05, 0.1) is 0 Å². The van der Waals surface area contributed by atoms with E-state index < -0.39 is 0 Å². The van der Waals surface area contributed by atoms with Crippen molar-refractivity contribution in [2.45, 2.75) is 9.16 Å². The first-order valence-electron chi connectivity index (χ1n) is 2.89. The highest BCUT2D eigenvalue weighted by Crippen LogP contribution is 2.81. The number of hydrogen-bond donors (Lipinski definition) is 0. The van der Waals surface area contributed by atoms with Crippen LogP contribution in [0.25, 0.3) is 0 Å². The van der Waals surface area contributed by atoms with E-state index in [0.717, 1.165) is 0 Å². The van der Waals surface area contributed by atoms with Gasteiger partial charge < -0.3 is 0 Å². The van der Waals surface area contributed by atoms with Crippen molar-refractivity contribution in [3.8, 4) is 0 Å². The molecule has 0 aromatic heterocycles. The van der Waals surface area contributed by atoms with Crippen LogP contribution in [0.3, 0.4) is 0 Å². The third-order valence-corrected chi connectivity index (χ3v) is 13.4. The molecule has 0 aromatic carbocycles. The summed E-state index contributed by atoms with van der Waals surface area (Å²) in [5.41, 5.74) is 0. The third-order valence-electron chi connectivity index (χ3n) is 0.997. The fourth-order valence-corrected chi connectivity index (χ4v) is 12.8. The minimum Gasteiger partial charge on any atom is -0.0909 e. The molecule has 0 bridgehead atoms. The second-order valence-electron chi connectivity index (χ2n) is 1.83.